The van der Waals surface area contributed by atoms with Crippen molar-refractivity contribution in [1.82, 2.24) is 10.2 Å². The molecule has 0 aliphatic carbocycles. The first-order valence-corrected chi connectivity index (χ1v) is 4.27. The number of nitrogens with zero attached hydrogens (tertiary/aromatic N) is 1. The van der Waals surface area contributed by atoms with Gasteiger partial charge in [-0.2, -0.15) is 0 Å². The van der Waals surface area contributed by atoms with E-state index in [1.165, 1.54) is 0 Å². The van der Waals surface area contributed by atoms with Crippen LogP contribution in [0, 0.1) is 0 Å². The Morgan fingerprint density at radius 2 is 2.07 bits per heavy atom. The number of hydrogen-bond acceptors (Lipinski definition) is 3. The molecule has 80 valence electrons. The van der Waals surface area contributed by atoms with Gasteiger partial charge in [-0.3, -0.25) is 14.5 Å². The van der Waals surface area contributed by atoms with Gasteiger partial charge in [-0.05, 0) is 14.0 Å². The molecule has 0 heterocycles. The van der Waals surface area contributed by atoms with Crippen molar-refractivity contribution in [2.45, 2.75) is 13.3 Å². The molecule has 0 aromatic carbocycles. The van der Waals surface area contributed by atoms with E-state index in [0.717, 1.165) is 0 Å². The van der Waals surface area contributed by atoms with Gasteiger partial charge < -0.3 is 10.4 Å². The van der Waals surface area contributed by atoms with Crippen LogP contribution in [0.5, 0.6) is 0 Å². The van der Waals surface area contributed by atoms with Crippen molar-refractivity contribution in [2.75, 3.05) is 20.3 Å². The van der Waals surface area contributed by atoms with Crippen LogP contribution in [-0.2, 0) is 9.59 Å². The third kappa shape index (κ3) is 6.19. The van der Waals surface area contributed by atoms with Crippen LogP contribution in [-0.4, -0.2) is 42.1 Å². The van der Waals surface area contributed by atoms with E-state index in [2.05, 4.69) is 11.9 Å². The Hall–Kier alpha value is -1.36. The average molecular weight is 200 g/mol. The van der Waals surface area contributed by atoms with Gasteiger partial charge in [0.2, 0.25) is 5.91 Å². The topological polar surface area (TPSA) is 69.6 Å². The van der Waals surface area contributed by atoms with E-state index in [1.807, 2.05) is 0 Å². The number of carboxylic acid groups (broad SMARTS) is 1. The number of hydrogen-bond donors (Lipinski definition) is 2. The lowest BCUT2D eigenvalue weighted by molar-refractivity contribution is -0.137. The zero-order valence-corrected chi connectivity index (χ0v) is 8.54. The second-order valence-corrected chi connectivity index (χ2v) is 3.17. The van der Waals surface area contributed by atoms with Crippen LogP contribution in [0.3, 0.4) is 0 Å². The van der Waals surface area contributed by atoms with Crippen LogP contribution >= 0.6 is 0 Å². The number of amides is 1. The quantitative estimate of drug-likeness (QED) is 0.469. The molecular formula is C9H16N2O3. The Labute approximate surface area is 83.4 Å². The Balaban J connectivity index is 3.63. The predicted octanol–water partition coefficient (Wildman–Crippen LogP) is 0.0427. The molecule has 0 fully saturated rings. The van der Waals surface area contributed by atoms with Crippen molar-refractivity contribution in [2.24, 2.45) is 0 Å². The summed E-state index contributed by atoms with van der Waals surface area (Å²) in [6, 6.07) is 0. The smallest absolute Gasteiger partial charge is 0.304 e. The highest BCUT2D eigenvalue weighted by Gasteiger charge is 2.04. The summed E-state index contributed by atoms with van der Waals surface area (Å²) >= 11 is 0. The van der Waals surface area contributed by atoms with Crippen molar-refractivity contribution < 1.29 is 14.7 Å². The number of rotatable bonds is 6. The molecule has 2 N–H and O–H groups in total. The highest BCUT2D eigenvalue weighted by atomic mass is 16.4. The lowest BCUT2D eigenvalue weighted by atomic mass is 10.3. The molecule has 0 radical (unpaired) electrons. The molecule has 0 aromatic rings. The number of carbonyl (C=O) groups is 2. The van der Waals surface area contributed by atoms with E-state index in [1.54, 1.807) is 18.9 Å². The highest BCUT2D eigenvalue weighted by molar-refractivity contribution is 5.91. The molecular weight excluding hydrogens is 184 g/mol. The van der Waals surface area contributed by atoms with Gasteiger partial charge in [0.15, 0.2) is 0 Å². The maximum Gasteiger partial charge on any atom is 0.304 e. The zero-order valence-electron chi connectivity index (χ0n) is 8.54. The van der Waals surface area contributed by atoms with E-state index in [9.17, 15) is 9.59 Å². The van der Waals surface area contributed by atoms with Crippen molar-refractivity contribution >= 4 is 11.9 Å². The molecule has 0 saturated carbocycles. The van der Waals surface area contributed by atoms with Crippen molar-refractivity contribution in [1.29, 1.82) is 0 Å². The molecule has 0 bridgehead atoms. The normalized spacial score (nSPS) is 9.93. The van der Waals surface area contributed by atoms with Crippen molar-refractivity contribution in [3.05, 3.63) is 12.2 Å². The number of carbonyl (C=O) groups excluding carboxylic acids is 1. The fourth-order valence-electron chi connectivity index (χ4n) is 0.723. The Morgan fingerprint density at radius 3 is 2.50 bits per heavy atom. The molecule has 1 amide bonds. The van der Waals surface area contributed by atoms with Gasteiger partial charge in [-0.1, -0.05) is 6.58 Å². The summed E-state index contributed by atoms with van der Waals surface area (Å²) in [5, 5.41) is 11.0. The number of nitrogens with one attached hydrogen (secondary N) is 1. The molecule has 0 unspecified atom stereocenters. The van der Waals surface area contributed by atoms with Gasteiger partial charge in [0.25, 0.3) is 0 Å². The van der Waals surface area contributed by atoms with Gasteiger partial charge >= 0.3 is 5.97 Å². The monoisotopic (exact) mass is 200 g/mol. The largest absolute Gasteiger partial charge is 0.481 e. The fourth-order valence-corrected chi connectivity index (χ4v) is 0.723. The first kappa shape index (κ1) is 12.6. The molecule has 0 atom stereocenters. The molecule has 0 rings (SSSR count). The van der Waals surface area contributed by atoms with E-state index < -0.39 is 5.97 Å². The SMILES string of the molecule is C=C(C)C(=O)NCN(C)CCC(=O)O. The molecule has 0 aliphatic rings. The molecule has 0 spiro atoms. The van der Waals surface area contributed by atoms with Crippen LogP contribution in [0.2, 0.25) is 0 Å². The first-order valence-electron chi connectivity index (χ1n) is 4.27. The minimum Gasteiger partial charge on any atom is -0.481 e. The molecule has 0 aliphatic heterocycles. The maximum atomic E-state index is 11.0. The Bertz CT molecular complexity index is 238. The summed E-state index contributed by atoms with van der Waals surface area (Å²) < 4.78 is 0. The minimum atomic E-state index is -0.844. The van der Waals surface area contributed by atoms with E-state index in [0.29, 0.717) is 18.8 Å². The highest BCUT2D eigenvalue weighted by Crippen LogP contribution is 1.88. The molecule has 0 saturated heterocycles. The lowest BCUT2D eigenvalue weighted by Gasteiger charge is -2.15. The number of aliphatic carboxylic acids is 1. The standard InChI is InChI=1S/C9H16N2O3/c1-7(2)9(14)10-6-11(3)5-4-8(12)13/h1,4-6H2,2-3H3,(H,10,14)(H,12,13). The summed E-state index contributed by atoms with van der Waals surface area (Å²) in [5.41, 5.74) is 0.441. The van der Waals surface area contributed by atoms with Crippen LogP contribution in [0.25, 0.3) is 0 Å². The third-order valence-electron chi connectivity index (χ3n) is 1.60. The first-order chi connectivity index (χ1) is 6.43. The van der Waals surface area contributed by atoms with Gasteiger partial charge in [-0.25, -0.2) is 0 Å². The Morgan fingerprint density at radius 1 is 1.50 bits per heavy atom. The van der Waals surface area contributed by atoms with Crippen LogP contribution < -0.4 is 5.32 Å². The van der Waals surface area contributed by atoms with Crippen molar-refractivity contribution in [3.63, 3.8) is 0 Å². The predicted molar refractivity (Wildman–Crippen MR) is 52.7 cm³/mol. The second kappa shape index (κ2) is 6.15. The average Bonchev–Trinajstić information content (AvgIpc) is 2.10. The van der Waals surface area contributed by atoms with Crippen LogP contribution in [0.15, 0.2) is 12.2 Å². The molecule has 5 nitrogen and oxygen atoms in total. The Kier molecular flexibility index (Phi) is 5.55. The summed E-state index contributed by atoms with van der Waals surface area (Å²) in [4.78, 5) is 23.0. The van der Waals surface area contributed by atoms with Crippen molar-refractivity contribution in [3.8, 4) is 0 Å². The van der Waals surface area contributed by atoms with E-state index >= 15 is 0 Å². The summed E-state index contributed by atoms with van der Waals surface area (Å²) in [7, 11) is 1.74. The zero-order chi connectivity index (χ0) is 11.1. The maximum absolute atomic E-state index is 11.0. The lowest BCUT2D eigenvalue weighted by Crippen LogP contribution is -2.36. The van der Waals surface area contributed by atoms with Gasteiger partial charge in [-0.15, -0.1) is 0 Å². The number of carboxylic acids is 1. The summed E-state index contributed by atoms with van der Waals surface area (Å²) in [6.07, 6.45) is 0.0689. The third-order valence-corrected chi connectivity index (χ3v) is 1.60. The molecule has 14 heavy (non-hydrogen) atoms. The second-order valence-electron chi connectivity index (χ2n) is 3.17. The van der Waals surface area contributed by atoms with E-state index in [4.69, 9.17) is 5.11 Å². The molecule has 0 aromatic heterocycles. The van der Waals surface area contributed by atoms with Crippen LogP contribution in [0.1, 0.15) is 13.3 Å². The van der Waals surface area contributed by atoms with Gasteiger partial charge in [0.05, 0.1) is 13.1 Å². The molecule has 5 heteroatoms. The summed E-state index contributed by atoms with van der Waals surface area (Å²) in [5.74, 6) is -1.06. The minimum absolute atomic E-state index is 0.0689. The van der Waals surface area contributed by atoms with Crippen LogP contribution in [0.4, 0.5) is 0 Å². The summed E-state index contributed by atoms with van der Waals surface area (Å²) in [6.45, 7) is 5.84. The van der Waals surface area contributed by atoms with Gasteiger partial charge in [0.1, 0.15) is 0 Å². The van der Waals surface area contributed by atoms with E-state index in [-0.39, 0.29) is 12.3 Å². The van der Waals surface area contributed by atoms with Gasteiger partial charge in [0, 0.05) is 12.1 Å². The fraction of sp³-hybridized carbons (Fsp3) is 0.556.